The summed E-state index contributed by atoms with van der Waals surface area (Å²) in [5, 5.41) is 0. The van der Waals surface area contributed by atoms with Crippen molar-refractivity contribution in [3.8, 4) is 0 Å². The van der Waals surface area contributed by atoms with Crippen molar-refractivity contribution in [1.29, 1.82) is 0 Å². The van der Waals surface area contributed by atoms with E-state index in [-0.39, 0.29) is 6.04 Å². The summed E-state index contributed by atoms with van der Waals surface area (Å²) in [6, 6.07) is 4.09. The van der Waals surface area contributed by atoms with Gasteiger partial charge in [0.25, 0.3) is 0 Å². The van der Waals surface area contributed by atoms with E-state index in [1.54, 1.807) is 6.26 Å². The van der Waals surface area contributed by atoms with Crippen molar-refractivity contribution in [1.82, 2.24) is 4.90 Å². The molecule has 1 aromatic heterocycles. The van der Waals surface area contributed by atoms with E-state index >= 15 is 0 Å². The number of rotatable bonds is 3. The molecule has 14 heavy (non-hydrogen) atoms. The molecule has 1 fully saturated rings. The van der Waals surface area contributed by atoms with E-state index in [0.717, 1.165) is 32.1 Å². The molecule has 1 aliphatic heterocycles. The zero-order valence-corrected chi connectivity index (χ0v) is 8.19. The van der Waals surface area contributed by atoms with E-state index in [0.29, 0.717) is 0 Å². The molecule has 0 radical (unpaired) electrons. The van der Waals surface area contributed by atoms with Crippen molar-refractivity contribution in [2.75, 3.05) is 26.3 Å². The Morgan fingerprint density at radius 2 is 2.21 bits per heavy atom. The van der Waals surface area contributed by atoms with Crippen molar-refractivity contribution in [2.45, 2.75) is 6.04 Å². The van der Waals surface area contributed by atoms with E-state index in [1.165, 1.54) is 0 Å². The minimum absolute atomic E-state index is 0.189. The molecule has 3 heteroatoms. The van der Waals surface area contributed by atoms with Crippen LogP contribution in [0.3, 0.4) is 0 Å². The zero-order chi connectivity index (χ0) is 9.80. The Hall–Kier alpha value is -1.06. The average Bonchev–Trinajstić information content (AvgIpc) is 2.74. The van der Waals surface area contributed by atoms with E-state index < -0.39 is 0 Å². The van der Waals surface area contributed by atoms with E-state index in [4.69, 9.17) is 9.15 Å². The zero-order valence-electron chi connectivity index (χ0n) is 8.19. The molecular weight excluding hydrogens is 178 g/mol. The lowest BCUT2D eigenvalue weighted by Gasteiger charge is -2.31. The largest absolute Gasteiger partial charge is 0.467 e. The maximum atomic E-state index is 5.39. The fourth-order valence-corrected chi connectivity index (χ4v) is 1.76. The summed E-state index contributed by atoms with van der Waals surface area (Å²) >= 11 is 0. The standard InChI is InChI=1S/C11H15NO2/c1-2-10(11-4-3-7-14-11)12-5-8-13-9-6-12/h2-4,7,10H,1,5-6,8-9H2. The monoisotopic (exact) mass is 193 g/mol. The van der Waals surface area contributed by atoms with E-state index in [1.807, 2.05) is 18.2 Å². The van der Waals surface area contributed by atoms with Gasteiger partial charge in [-0.25, -0.2) is 0 Å². The van der Waals surface area contributed by atoms with Crippen LogP contribution in [0, 0.1) is 0 Å². The average molecular weight is 193 g/mol. The molecule has 2 heterocycles. The van der Waals surface area contributed by atoms with Crippen LogP contribution in [0.5, 0.6) is 0 Å². The fourth-order valence-electron chi connectivity index (χ4n) is 1.76. The summed E-state index contributed by atoms with van der Waals surface area (Å²) in [6.07, 6.45) is 3.62. The smallest absolute Gasteiger partial charge is 0.124 e. The lowest BCUT2D eigenvalue weighted by Crippen LogP contribution is -2.38. The Bertz CT molecular complexity index is 275. The van der Waals surface area contributed by atoms with Crippen molar-refractivity contribution in [2.24, 2.45) is 0 Å². The molecule has 1 atom stereocenters. The molecular formula is C11H15NO2. The summed E-state index contributed by atoms with van der Waals surface area (Å²) in [7, 11) is 0. The van der Waals surface area contributed by atoms with Crippen LogP contribution in [-0.2, 0) is 4.74 Å². The molecule has 1 saturated heterocycles. The van der Waals surface area contributed by atoms with Crippen molar-refractivity contribution >= 4 is 0 Å². The van der Waals surface area contributed by atoms with Crippen LogP contribution in [0.15, 0.2) is 35.5 Å². The number of morpholine rings is 1. The molecule has 0 N–H and O–H groups in total. The Morgan fingerprint density at radius 1 is 1.43 bits per heavy atom. The quantitative estimate of drug-likeness (QED) is 0.685. The van der Waals surface area contributed by atoms with Gasteiger partial charge in [0.15, 0.2) is 0 Å². The van der Waals surface area contributed by atoms with Gasteiger partial charge in [0.1, 0.15) is 5.76 Å². The van der Waals surface area contributed by atoms with Crippen LogP contribution in [0.2, 0.25) is 0 Å². The first-order valence-corrected chi connectivity index (χ1v) is 4.89. The van der Waals surface area contributed by atoms with Crippen LogP contribution in [0.25, 0.3) is 0 Å². The molecule has 3 nitrogen and oxygen atoms in total. The summed E-state index contributed by atoms with van der Waals surface area (Å²) < 4.78 is 10.7. The molecule has 0 aromatic carbocycles. The molecule has 0 spiro atoms. The highest BCUT2D eigenvalue weighted by molar-refractivity contribution is 5.10. The van der Waals surface area contributed by atoms with Gasteiger partial charge in [-0.15, -0.1) is 6.58 Å². The van der Waals surface area contributed by atoms with Crippen molar-refractivity contribution in [3.05, 3.63) is 36.8 Å². The van der Waals surface area contributed by atoms with Gasteiger partial charge in [0.05, 0.1) is 25.5 Å². The van der Waals surface area contributed by atoms with Crippen molar-refractivity contribution in [3.63, 3.8) is 0 Å². The molecule has 1 aliphatic rings. The third-order valence-corrected chi connectivity index (χ3v) is 2.50. The SMILES string of the molecule is C=CC(c1ccco1)N1CCOCC1. The number of hydrogen-bond donors (Lipinski definition) is 0. The Balaban J connectivity index is 2.08. The van der Waals surface area contributed by atoms with Crippen molar-refractivity contribution < 1.29 is 9.15 Å². The van der Waals surface area contributed by atoms with Gasteiger partial charge in [-0.3, -0.25) is 4.90 Å². The van der Waals surface area contributed by atoms with Crippen LogP contribution in [-0.4, -0.2) is 31.2 Å². The van der Waals surface area contributed by atoms with Gasteiger partial charge in [-0.1, -0.05) is 6.08 Å². The number of nitrogens with zero attached hydrogens (tertiary/aromatic N) is 1. The van der Waals surface area contributed by atoms with Gasteiger partial charge in [0, 0.05) is 13.1 Å². The van der Waals surface area contributed by atoms with Gasteiger partial charge < -0.3 is 9.15 Å². The Labute approximate surface area is 84.0 Å². The van der Waals surface area contributed by atoms with Crippen LogP contribution < -0.4 is 0 Å². The number of hydrogen-bond acceptors (Lipinski definition) is 3. The summed E-state index contributed by atoms with van der Waals surface area (Å²) in [4.78, 5) is 2.31. The summed E-state index contributed by atoms with van der Waals surface area (Å²) in [5.41, 5.74) is 0. The highest BCUT2D eigenvalue weighted by Gasteiger charge is 2.21. The molecule has 0 saturated carbocycles. The maximum absolute atomic E-state index is 5.39. The Morgan fingerprint density at radius 3 is 2.79 bits per heavy atom. The topological polar surface area (TPSA) is 25.6 Å². The lowest BCUT2D eigenvalue weighted by atomic mass is 10.2. The molecule has 76 valence electrons. The first-order valence-electron chi connectivity index (χ1n) is 4.89. The second-order valence-electron chi connectivity index (χ2n) is 3.34. The second kappa shape index (κ2) is 4.44. The third kappa shape index (κ3) is 1.89. The molecule has 0 bridgehead atoms. The van der Waals surface area contributed by atoms with Crippen LogP contribution in [0.4, 0.5) is 0 Å². The molecule has 1 aromatic rings. The first-order chi connectivity index (χ1) is 6.92. The van der Waals surface area contributed by atoms with Gasteiger partial charge in [-0.2, -0.15) is 0 Å². The maximum Gasteiger partial charge on any atom is 0.124 e. The minimum atomic E-state index is 0.189. The van der Waals surface area contributed by atoms with Gasteiger partial charge >= 0.3 is 0 Å². The predicted molar refractivity (Wildman–Crippen MR) is 54.0 cm³/mol. The van der Waals surface area contributed by atoms with Gasteiger partial charge in [0.2, 0.25) is 0 Å². The van der Waals surface area contributed by atoms with Crippen LogP contribution in [0.1, 0.15) is 11.8 Å². The highest BCUT2D eigenvalue weighted by atomic mass is 16.5. The number of ether oxygens (including phenoxy) is 1. The Kier molecular flexibility index (Phi) is 3.01. The minimum Gasteiger partial charge on any atom is -0.467 e. The normalized spacial score (nSPS) is 20.6. The van der Waals surface area contributed by atoms with Crippen LogP contribution >= 0.6 is 0 Å². The van der Waals surface area contributed by atoms with Gasteiger partial charge in [-0.05, 0) is 12.1 Å². The number of furan rings is 1. The first kappa shape index (κ1) is 9.49. The predicted octanol–water partition coefficient (Wildman–Crippen LogP) is 1.84. The highest BCUT2D eigenvalue weighted by Crippen LogP contribution is 2.22. The second-order valence-corrected chi connectivity index (χ2v) is 3.34. The fraction of sp³-hybridized carbons (Fsp3) is 0.455. The molecule has 0 amide bonds. The summed E-state index contributed by atoms with van der Waals surface area (Å²) in [5.74, 6) is 0.960. The summed E-state index contributed by atoms with van der Waals surface area (Å²) in [6.45, 7) is 7.33. The van der Waals surface area contributed by atoms with E-state index in [2.05, 4.69) is 11.5 Å². The third-order valence-electron chi connectivity index (χ3n) is 2.50. The van der Waals surface area contributed by atoms with E-state index in [9.17, 15) is 0 Å². The molecule has 0 aliphatic carbocycles. The molecule has 1 unspecified atom stereocenters. The molecule has 2 rings (SSSR count). The lowest BCUT2D eigenvalue weighted by molar-refractivity contribution is 0.0217.